The molecule has 0 amide bonds. The molecule has 1 aromatic heterocycles. The molecule has 2 heterocycles. The Balaban J connectivity index is 1.87. The van der Waals surface area contributed by atoms with E-state index in [1.54, 1.807) is 12.2 Å². The Morgan fingerprint density at radius 1 is 0.761 bits per heavy atom. The molecule has 0 bridgehead atoms. The van der Waals surface area contributed by atoms with Gasteiger partial charge in [0.15, 0.2) is 12.3 Å². The number of rotatable bonds is 39. The van der Waals surface area contributed by atoms with Crippen LogP contribution in [0.15, 0.2) is 102 Å². The number of phosphoric ester groups is 2. The van der Waals surface area contributed by atoms with Gasteiger partial charge in [0.2, 0.25) is 0 Å². The minimum Gasteiger partial charge on any atom is -0.462 e. The van der Waals surface area contributed by atoms with Crippen LogP contribution in [0.2, 0.25) is 0 Å². The molecule has 1 aromatic rings. The first-order chi connectivity index (χ1) is 34.1. The number of nitrogens with two attached hydrogens (primary N) is 1. The van der Waals surface area contributed by atoms with Gasteiger partial charge in [-0.3, -0.25) is 23.2 Å². The highest BCUT2D eigenvalue weighted by atomic mass is 31.3. The summed E-state index contributed by atoms with van der Waals surface area (Å²) in [6.07, 6.45) is 35.6. The summed E-state index contributed by atoms with van der Waals surface area (Å²) in [6, 6.07) is 1.24. The number of aliphatic hydroxyl groups is 3. The lowest BCUT2D eigenvalue weighted by molar-refractivity contribution is -0.161. The fraction of sp³-hybridized carbons (Fsp3) is 0.600. The van der Waals surface area contributed by atoms with Crippen LogP contribution in [0, 0.1) is 0 Å². The number of phosphoric acid groups is 2. The summed E-state index contributed by atoms with van der Waals surface area (Å²) < 4.78 is 56.6. The fourth-order valence-electron chi connectivity index (χ4n) is 6.70. The largest absolute Gasteiger partial charge is 0.481 e. The third kappa shape index (κ3) is 30.5. The number of hydrogen-bond acceptors (Lipinski definition) is 16. The minimum atomic E-state index is -5.45. The van der Waals surface area contributed by atoms with Crippen LogP contribution < -0.4 is 11.4 Å². The maximum atomic E-state index is 12.8. The predicted octanol–water partition coefficient (Wildman–Crippen LogP) is 8.86. The van der Waals surface area contributed by atoms with Crippen molar-refractivity contribution in [3.63, 3.8) is 0 Å². The monoisotopic (exact) mass is 1040 g/mol. The summed E-state index contributed by atoms with van der Waals surface area (Å²) in [5.74, 6) is -1.44. The Labute approximate surface area is 419 Å². The number of aromatic nitrogens is 2. The minimum absolute atomic E-state index is 0.0678. The van der Waals surface area contributed by atoms with Gasteiger partial charge in [-0.15, -0.1) is 0 Å². The molecule has 1 saturated heterocycles. The van der Waals surface area contributed by atoms with E-state index in [4.69, 9.17) is 29.0 Å². The van der Waals surface area contributed by atoms with E-state index in [9.17, 15) is 48.6 Å². The molecular formula is C50H79N3O16P2. The van der Waals surface area contributed by atoms with Crippen LogP contribution >= 0.6 is 15.6 Å². The van der Waals surface area contributed by atoms with E-state index < -0.39 is 89.8 Å². The molecule has 0 aromatic carbocycles. The van der Waals surface area contributed by atoms with Crippen molar-refractivity contribution in [2.24, 2.45) is 0 Å². The van der Waals surface area contributed by atoms with Crippen molar-refractivity contribution in [3.8, 4) is 0 Å². The first-order valence-electron chi connectivity index (χ1n) is 24.7. The third-order valence-electron chi connectivity index (χ3n) is 10.5. The van der Waals surface area contributed by atoms with Crippen molar-refractivity contribution in [2.75, 3.05) is 25.6 Å². The lowest BCUT2D eigenvalue weighted by atomic mass is 10.1. The molecule has 0 spiro atoms. The number of aliphatic hydroxyl groups excluding tert-OH is 3. The zero-order valence-corrected chi connectivity index (χ0v) is 43.1. The van der Waals surface area contributed by atoms with E-state index in [-0.39, 0.29) is 18.7 Å². The Morgan fingerprint density at radius 3 is 2.06 bits per heavy atom. The van der Waals surface area contributed by atoms with Gasteiger partial charge in [0.05, 0.1) is 19.3 Å². The Morgan fingerprint density at radius 2 is 1.37 bits per heavy atom. The van der Waals surface area contributed by atoms with Gasteiger partial charge in [0.25, 0.3) is 0 Å². The van der Waals surface area contributed by atoms with Crippen molar-refractivity contribution in [3.05, 3.63) is 108 Å². The van der Waals surface area contributed by atoms with E-state index >= 15 is 0 Å². The topological polar surface area (TPSA) is 286 Å². The highest BCUT2D eigenvalue weighted by Crippen LogP contribution is 2.60. The van der Waals surface area contributed by atoms with Crippen LogP contribution in [0.4, 0.5) is 5.82 Å². The predicted molar refractivity (Wildman–Crippen MR) is 271 cm³/mol. The van der Waals surface area contributed by atoms with Crippen LogP contribution in [0.5, 0.6) is 0 Å². The lowest BCUT2D eigenvalue weighted by Gasteiger charge is -2.21. The number of anilines is 1. The molecule has 3 unspecified atom stereocenters. The molecule has 7 N–H and O–H groups in total. The molecule has 21 heteroatoms. The van der Waals surface area contributed by atoms with Crippen LogP contribution in [0.1, 0.15) is 142 Å². The van der Waals surface area contributed by atoms with Gasteiger partial charge in [-0.1, -0.05) is 131 Å². The van der Waals surface area contributed by atoms with Crippen LogP contribution in [-0.4, -0.2) is 96.9 Å². The number of carbonyl (C=O) groups excluding carboxylic acids is 2. The normalized spacial score (nSPS) is 20.3. The van der Waals surface area contributed by atoms with Crippen molar-refractivity contribution in [1.82, 2.24) is 9.55 Å². The zero-order valence-electron chi connectivity index (χ0n) is 41.4. The molecule has 19 nitrogen and oxygen atoms in total. The van der Waals surface area contributed by atoms with E-state index in [0.717, 1.165) is 68.6 Å². The maximum Gasteiger partial charge on any atom is 0.481 e. The molecule has 0 radical (unpaired) electrons. The third-order valence-corrected chi connectivity index (χ3v) is 13.1. The van der Waals surface area contributed by atoms with Gasteiger partial charge in [-0.25, -0.2) is 13.9 Å². The quantitative estimate of drug-likeness (QED) is 0.0118. The Kier molecular flexibility index (Phi) is 33.4. The average Bonchev–Trinajstić information content (AvgIpc) is 3.60. The molecular weight excluding hydrogens is 961 g/mol. The smallest absolute Gasteiger partial charge is 0.462 e. The summed E-state index contributed by atoms with van der Waals surface area (Å²) in [6.45, 7) is 1.85. The summed E-state index contributed by atoms with van der Waals surface area (Å²) in [5.41, 5.74) is 4.57. The molecule has 0 saturated carbocycles. The molecule has 400 valence electrons. The highest BCUT2D eigenvalue weighted by molar-refractivity contribution is 7.61. The molecule has 8 atom stereocenters. The van der Waals surface area contributed by atoms with Gasteiger partial charge < -0.3 is 45.1 Å². The van der Waals surface area contributed by atoms with Gasteiger partial charge in [-0.05, 0) is 83.1 Å². The second-order valence-electron chi connectivity index (χ2n) is 16.8. The van der Waals surface area contributed by atoms with Crippen LogP contribution in [-0.2, 0) is 46.3 Å². The number of hydrogen-bond donors (Lipinski definition) is 6. The number of allylic oxidation sites excluding steroid dienone is 12. The van der Waals surface area contributed by atoms with Gasteiger partial charge >= 0.3 is 33.3 Å². The van der Waals surface area contributed by atoms with Gasteiger partial charge in [0, 0.05) is 19.0 Å². The second kappa shape index (κ2) is 37.6. The van der Waals surface area contributed by atoms with Crippen LogP contribution in [0.3, 0.4) is 0 Å². The molecule has 1 aliphatic rings. The van der Waals surface area contributed by atoms with E-state index in [1.807, 2.05) is 36.5 Å². The summed E-state index contributed by atoms with van der Waals surface area (Å²) >= 11 is 0. The SMILES string of the molecule is CC/C=C\C/C=C\CC(O)/C=C/C=C\C/C=C\CCCC(=O)O[C@H](COC(=O)CCCCCCC/C=C\C/C=C\CCCCC)COP(=O)(O)OP(=O)(O)OC[C@H]1O[C@@H](n2ccc(N)nc2=O)[C@H](O)[C@@H]1O. The summed E-state index contributed by atoms with van der Waals surface area (Å²) in [5, 5.41) is 31.0. The number of nitrogens with zero attached hydrogens (tertiary/aromatic N) is 2. The Bertz CT molecular complexity index is 2040. The van der Waals surface area contributed by atoms with Crippen molar-refractivity contribution in [2.45, 2.75) is 173 Å². The first kappa shape index (κ1) is 63.0. The number of ether oxygens (including phenoxy) is 3. The number of unbranched alkanes of at least 4 members (excludes halogenated alkanes) is 9. The van der Waals surface area contributed by atoms with Gasteiger partial charge in [0.1, 0.15) is 30.7 Å². The fourth-order valence-corrected chi connectivity index (χ4v) is 8.81. The number of carbonyl (C=O) groups is 2. The number of nitrogen functional groups attached to an aromatic ring is 1. The lowest BCUT2D eigenvalue weighted by Crippen LogP contribution is -2.36. The summed E-state index contributed by atoms with van der Waals surface area (Å²) in [7, 11) is -10.9. The standard InChI is InChI=1S/C50H79N3O16P2/c1-3-5-7-9-11-12-13-14-15-16-17-18-22-26-30-34-45(55)64-38-42(67-46(56)35-31-27-23-20-19-21-25-29-33-41(54)32-28-24-10-8-6-4-2)39-65-70(60,61)69-71(62,63)66-40-43-47(57)48(58)49(68-43)53-37-36-44(51)52-50(53)59/h6,8,11-12,14-15,20-21,23-25,28-29,33,36-37,41-43,47-49,54,57-58H,3-5,7,9-10,13,16-19,22,26-27,30-32,34-35,38-40H2,1-2H3,(H,60,61)(H,62,63)(H2,51,52,59)/b8-6-,12-11-,15-14-,23-20-,25-21-,28-24-,33-29+/t41?,42-,43-,47-,48-,49-/m1/s1. The van der Waals surface area contributed by atoms with Crippen molar-refractivity contribution >= 4 is 33.4 Å². The van der Waals surface area contributed by atoms with E-state index in [0.29, 0.717) is 32.1 Å². The van der Waals surface area contributed by atoms with Crippen LogP contribution in [0.25, 0.3) is 0 Å². The molecule has 2 rings (SSSR count). The maximum absolute atomic E-state index is 12.8. The van der Waals surface area contributed by atoms with E-state index in [1.165, 1.54) is 25.3 Å². The first-order valence-corrected chi connectivity index (χ1v) is 27.7. The molecule has 71 heavy (non-hydrogen) atoms. The molecule has 1 fully saturated rings. The van der Waals surface area contributed by atoms with Crippen molar-refractivity contribution in [1.29, 1.82) is 0 Å². The summed E-state index contributed by atoms with van der Waals surface area (Å²) in [4.78, 5) is 61.8. The molecule has 1 aliphatic heterocycles. The van der Waals surface area contributed by atoms with Crippen molar-refractivity contribution < 1.29 is 71.4 Å². The van der Waals surface area contributed by atoms with Gasteiger partial charge in [-0.2, -0.15) is 9.29 Å². The highest BCUT2D eigenvalue weighted by Gasteiger charge is 2.46. The average molecular weight is 1040 g/mol. The Hall–Kier alpha value is -4.10. The van der Waals surface area contributed by atoms with E-state index in [2.05, 4.69) is 59.6 Å². The zero-order chi connectivity index (χ0) is 52.2. The second-order valence-corrected chi connectivity index (χ2v) is 19.8. The molecule has 0 aliphatic carbocycles. The number of esters is 2.